The van der Waals surface area contributed by atoms with Crippen molar-refractivity contribution < 1.29 is 15.0 Å². The van der Waals surface area contributed by atoms with Crippen LogP contribution in [0.3, 0.4) is 0 Å². The molecular formula is C16H13NO3S. The van der Waals surface area contributed by atoms with Gasteiger partial charge in [0.1, 0.15) is 4.88 Å². The number of carbonyl (C=O) groups is 1. The lowest BCUT2D eigenvalue weighted by Gasteiger charge is -2.09. The van der Waals surface area contributed by atoms with Gasteiger partial charge in [-0.25, -0.2) is 9.78 Å². The van der Waals surface area contributed by atoms with E-state index in [9.17, 15) is 9.90 Å². The van der Waals surface area contributed by atoms with E-state index in [0.29, 0.717) is 11.3 Å². The summed E-state index contributed by atoms with van der Waals surface area (Å²) in [6.07, 6.45) is 0. The molecule has 21 heavy (non-hydrogen) atoms. The molecule has 106 valence electrons. The third kappa shape index (κ3) is 2.41. The zero-order chi connectivity index (χ0) is 15.0. The van der Waals surface area contributed by atoms with Crippen molar-refractivity contribution in [3.63, 3.8) is 0 Å². The molecule has 2 N–H and O–H groups in total. The van der Waals surface area contributed by atoms with Crippen molar-refractivity contribution in [3.8, 4) is 10.6 Å². The molecule has 0 spiro atoms. The number of aryl methyl sites for hydroxylation is 1. The number of hydrogen-bond donors (Lipinski definition) is 2. The van der Waals surface area contributed by atoms with E-state index in [4.69, 9.17) is 5.11 Å². The van der Waals surface area contributed by atoms with Gasteiger partial charge in [-0.3, -0.25) is 0 Å². The molecule has 0 saturated carbocycles. The van der Waals surface area contributed by atoms with Crippen molar-refractivity contribution in [2.75, 3.05) is 0 Å². The number of aliphatic hydroxyl groups is 1. The average molecular weight is 299 g/mol. The van der Waals surface area contributed by atoms with Crippen molar-refractivity contribution in [2.45, 2.75) is 13.5 Å². The van der Waals surface area contributed by atoms with Crippen LogP contribution >= 0.6 is 11.3 Å². The molecule has 0 aliphatic carbocycles. The Bertz CT molecular complexity index is 839. The van der Waals surface area contributed by atoms with E-state index in [0.717, 1.165) is 32.7 Å². The number of aliphatic hydroxyl groups excluding tert-OH is 1. The third-order valence-corrected chi connectivity index (χ3v) is 4.43. The first kappa shape index (κ1) is 13.7. The minimum atomic E-state index is -0.950. The number of aromatic carboxylic acids is 1. The van der Waals surface area contributed by atoms with Gasteiger partial charge in [-0.05, 0) is 30.7 Å². The van der Waals surface area contributed by atoms with Crippen LogP contribution < -0.4 is 0 Å². The number of nitrogens with zero attached hydrogens (tertiary/aromatic N) is 1. The minimum Gasteiger partial charge on any atom is -0.477 e. The molecule has 0 aliphatic rings. The van der Waals surface area contributed by atoms with Crippen LogP contribution in [0.4, 0.5) is 0 Å². The molecule has 0 radical (unpaired) electrons. The SMILES string of the molecule is Cc1cccc2cc(CO)c(-c3ccc(C(=O)O)s3)nc12. The summed E-state index contributed by atoms with van der Waals surface area (Å²) in [6, 6.07) is 11.1. The van der Waals surface area contributed by atoms with E-state index >= 15 is 0 Å². The van der Waals surface area contributed by atoms with Crippen LogP contribution in [-0.4, -0.2) is 21.2 Å². The molecule has 0 aliphatic heterocycles. The summed E-state index contributed by atoms with van der Waals surface area (Å²) in [5.41, 5.74) is 3.27. The molecule has 5 heteroatoms. The lowest BCUT2D eigenvalue weighted by atomic mass is 10.1. The number of fused-ring (bicyclic) bond motifs is 1. The van der Waals surface area contributed by atoms with E-state index in [1.165, 1.54) is 0 Å². The van der Waals surface area contributed by atoms with Crippen LogP contribution in [0.1, 0.15) is 20.8 Å². The quantitative estimate of drug-likeness (QED) is 0.777. The van der Waals surface area contributed by atoms with Gasteiger partial charge in [0.05, 0.1) is 22.7 Å². The maximum atomic E-state index is 11.0. The highest BCUT2D eigenvalue weighted by atomic mass is 32.1. The number of carboxylic acid groups (broad SMARTS) is 1. The Morgan fingerprint density at radius 1 is 1.29 bits per heavy atom. The number of aromatic nitrogens is 1. The normalized spacial score (nSPS) is 11.0. The van der Waals surface area contributed by atoms with Gasteiger partial charge in [-0.2, -0.15) is 0 Å². The van der Waals surface area contributed by atoms with Gasteiger partial charge in [0.25, 0.3) is 0 Å². The summed E-state index contributed by atoms with van der Waals surface area (Å²) in [7, 11) is 0. The van der Waals surface area contributed by atoms with Gasteiger partial charge in [0, 0.05) is 10.9 Å². The Hall–Kier alpha value is -2.24. The molecule has 3 aromatic rings. The zero-order valence-electron chi connectivity index (χ0n) is 11.3. The van der Waals surface area contributed by atoms with E-state index in [2.05, 4.69) is 4.98 Å². The maximum absolute atomic E-state index is 11.0. The fourth-order valence-electron chi connectivity index (χ4n) is 2.30. The number of pyridine rings is 1. The van der Waals surface area contributed by atoms with Crippen molar-refractivity contribution >= 4 is 28.2 Å². The van der Waals surface area contributed by atoms with Gasteiger partial charge in [-0.15, -0.1) is 11.3 Å². The number of carboxylic acids is 1. The van der Waals surface area contributed by atoms with Crippen LogP contribution in [0.2, 0.25) is 0 Å². The van der Waals surface area contributed by atoms with E-state index < -0.39 is 5.97 Å². The Morgan fingerprint density at radius 2 is 2.10 bits per heavy atom. The molecule has 4 nitrogen and oxygen atoms in total. The Labute approximate surface area is 125 Å². The number of thiophene rings is 1. The lowest BCUT2D eigenvalue weighted by Crippen LogP contribution is -1.94. The molecular weight excluding hydrogens is 286 g/mol. The van der Waals surface area contributed by atoms with E-state index in [-0.39, 0.29) is 11.5 Å². The molecule has 0 bridgehead atoms. The van der Waals surface area contributed by atoms with Crippen LogP contribution in [0, 0.1) is 6.92 Å². The highest BCUT2D eigenvalue weighted by Crippen LogP contribution is 2.32. The molecule has 2 aromatic heterocycles. The standard InChI is InChI=1S/C16H13NO3S/c1-9-3-2-4-10-7-11(8-18)15(17-14(9)10)12-5-6-13(21-12)16(19)20/h2-7,18H,8H2,1H3,(H,19,20). The Morgan fingerprint density at radius 3 is 2.76 bits per heavy atom. The van der Waals surface area contributed by atoms with Gasteiger partial charge in [0.2, 0.25) is 0 Å². The van der Waals surface area contributed by atoms with Gasteiger partial charge in [-0.1, -0.05) is 18.2 Å². The average Bonchev–Trinajstić information content (AvgIpc) is 2.96. The topological polar surface area (TPSA) is 70.4 Å². The molecule has 3 rings (SSSR count). The number of hydrogen-bond acceptors (Lipinski definition) is 4. The highest BCUT2D eigenvalue weighted by molar-refractivity contribution is 7.17. The minimum absolute atomic E-state index is 0.132. The van der Waals surface area contributed by atoms with Gasteiger partial charge >= 0.3 is 5.97 Å². The first-order chi connectivity index (χ1) is 10.1. The summed E-state index contributed by atoms with van der Waals surface area (Å²) in [6.45, 7) is 1.85. The molecule has 0 unspecified atom stereocenters. The van der Waals surface area contributed by atoms with Crippen molar-refractivity contribution in [2.24, 2.45) is 0 Å². The predicted octanol–water partition coefficient (Wildman–Crippen LogP) is 3.46. The zero-order valence-corrected chi connectivity index (χ0v) is 12.1. The molecule has 0 atom stereocenters. The number of rotatable bonds is 3. The smallest absolute Gasteiger partial charge is 0.345 e. The second-order valence-electron chi connectivity index (χ2n) is 4.77. The number of para-hydroxylation sites is 1. The summed E-state index contributed by atoms with van der Waals surface area (Å²) in [5.74, 6) is -0.950. The third-order valence-electron chi connectivity index (χ3n) is 3.35. The van der Waals surface area contributed by atoms with Crippen LogP contribution in [0.15, 0.2) is 36.4 Å². The summed E-state index contributed by atoms with van der Waals surface area (Å²) in [4.78, 5) is 16.7. The second kappa shape index (κ2) is 5.27. The fourth-order valence-corrected chi connectivity index (χ4v) is 3.17. The van der Waals surface area contributed by atoms with E-state index in [1.807, 2.05) is 31.2 Å². The van der Waals surface area contributed by atoms with Crippen molar-refractivity contribution in [3.05, 3.63) is 52.4 Å². The first-order valence-corrected chi connectivity index (χ1v) is 7.25. The number of benzene rings is 1. The molecule has 1 aromatic carbocycles. The van der Waals surface area contributed by atoms with Gasteiger partial charge in [0.15, 0.2) is 0 Å². The Balaban J connectivity index is 2.24. The van der Waals surface area contributed by atoms with Crippen LogP contribution in [0.5, 0.6) is 0 Å². The molecule has 2 heterocycles. The maximum Gasteiger partial charge on any atom is 0.345 e. The highest BCUT2D eigenvalue weighted by Gasteiger charge is 2.14. The Kier molecular flexibility index (Phi) is 3.45. The van der Waals surface area contributed by atoms with Crippen molar-refractivity contribution in [1.29, 1.82) is 0 Å². The lowest BCUT2D eigenvalue weighted by molar-refractivity contribution is 0.0702. The van der Waals surface area contributed by atoms with E-state index in [1.54, 1.807) is 12.1 Å². The van der Waals surface area contributed by atoms with Crippen LogP contribution in [0.25, 0.3) is 21.5 Å². The largest absolute Gasteiger partial charge is 0.477 e. The summed E-state index contributed by atoms with van der Waals surface area (Å²) >= 11 is 1.16. The second-order valence-corrected chi connectivity index (χ2v) is 5.85. The van der Waals surface area contributed by atoms with Crippen molar-refractivity contribution in [1.82, 2.24) is 4.98 Å². The first-order valence-electron chi connectivity index (χ1n) is 6.44. The molecule has 0 saturated heterocycles. The van der Waals surface area contributed by atoms with Gasteiger partial charge < -0.3 is 10.2 Å². The van der Waals surface area contributed by atoms with Crippen LogP contribution in [-0.2, 0) is 6.61 Å². The summed E-state index contributed by atoms with van der Waals surface area (Å²) < 4.78 is 0. The summed E-state index contributed by atoms with van der Waals surface area (Å²) in [5, 5.41) is 19.6. The molecule has 0 fully saturated rings. The fraction of sp³-hybridized carbons (Fsp3) is 0.125. The predicted molar refractivity (Wildman–Crippen MR) is 82.7 cm³/mol. The monoisotopic (exact) mass is 299 g/mol. The molecule has 0 amide bonds.